The van der Waals surface area contributed by atoms with E-state index in [0.717, 1.165) is 0 Å². The molecule has 0 saturated carbocycles. The van der Waals surface area contributed by atoms with Crippen molar-refractivity contribution in [2.24, 2.45) is 5.14 Å². The molecule has 0 aliphatic carbocycles. The van der Waals surface area contributed by atoms with Crippen molar-refractivity contribution >= 4 is 27.6 Å². The molecule has 114 valence electrons. The first-order chi connectivity index (χ1) is 9.60. The summed E-state index contributed by atoms with van der Waals surface area (Å²) >= 11 is 0. The summed E-state index contributed by atoms with van der Waals surface area (Å²) in [4.78, 5) is 22.6. The van der Waals surface area contributed by atoms with Gasteiger partial charge in [0.2, 0.25) is 10.0 Å². The predicted octanol–water partition coefficient (Wildman–Crippen LogP) is 0.835. The van der Waals surface area contributed by atoms with Gasteiger partial charge in [-0.15, -0.1) is 0 Å². The number of carboxylic acid groups (broad SMARTS) is 1. The second-order valence-electron chi connectivity index (χ2n) is 4.51. The van der Waals surface area contributed by atoms with Crippen molar-refractivity contribution in [3.05, 3.63) is 41.0 Å². The smallest absolute Gasteiger partial charge is 0.331 e. The van der Waals surface area contributed by atoms with Gasteiger partial charge in [0.15, 0.2) is 0 Å². The van der Waals surface area contributed by atoms with Crippen molar-refractivity contribution in [1.82, 2.24) is 0 Å². The van der Waals surface area contributed by atoms with Crippen LogP contribution in [0.15, 0.2) is 35.4 Å². The summed E-state index contributed by atoms with van der Waals surface area (Å²) < 4.78 is 21.9. The Bertz CT molecular complexity index is 690. The molecule has 0 radical (unpaired) electrons. The number of sulfonamides is 1. The van der Waals surface area contributed by atoms with E-state index in [9.17, 15) is 18.0 Å². The van der Waals surface area contributed by atoms with Crippen LogP contribution in [0.2, 0.25) is 0 Å². The fourth-order valence-corrected chi connectivity index (χ4v) is 2.13. The lowest BCUT2D eigenvalue weighted by Gasteiger charge is -2.08. The van der Waals surface area contributed by atoms with Gasteiger partial charge >= 0.3 is 5.97 Å². The Morgan fingerprint density at radius 2 is 1.67 bits per heavy atom. The lowest BCUT2D eigenvalue weighted by molar-refractivity contribution is -0.133. The van der Waals surface area contributed by atoms with Crippen molar-refractivity contribution in [3.8, 4) is 0 Å². The van der Waals surface area contributed by atoms with Gasteiger partial charge in [0.25, 0.3) is 5.91 Å². The second kappa shape index (κ2) is 6.51. The third-order valence-corrected chi connectivity index (χ3v) is 3.54. The van der Waals surface area contributed by atoms with E-state index in [1.165, 1.54) is 38.1 Å². The van der Waals surface area contributed by atoms with E-state index in [1.54, 1.807) is 0 Å². The lowest BCUT2D eigenvalue weighted by atomic mass is 10.1. The number of amides is 1. The zero-order chi connectivity index (χ0) is 16.2. The van der Waals surface area contributed by atoms with Crippen LogP contribution in [0.4, 0.5) is 5.69 Å². The number of hydrogen-bond acceptors (Lipinski definition) is 4. The minimum absolute atomic E-state index is 0.0432. The van der Waals surface area contributed by atoms with Crippen LogP contribution in [0.3, 0.4) is 0 Å². The normalized spacial score (nSPS) is 12.5. The molecule has 0 heterocycles. The molecular weight excluding hydrogens is 296 g/mol. The molecule has 1 amide bonds. The van der Waals surface area contributed by atoms with Gasteiger partial charge in [-0.3, -0.25) is 4.79 Å². The summed E-state index contributed by atoms with van der Waals surface area (Å²) in [6, 6.07) is 6.07. The fraction of sp³-hybridized carbons (Fsp3) is 0.231. The number of rotatable bonds is 5. The van der Waals surface area contributed by atoms with E-state index in [4.69, 9.17) is 10.2 Å². The number of carbonyl (C=O) groups is 2. The molecule has 1 aromatic rings. The zero-order valence-corrected chi connectivity index (χ0v) is 12.4. The fourth-order valence-electron chi connectivity index (χ4n) is 1.47. The van der Waals surface area contributed by atoms with Crippen LogP contribution in [0.25, 0.3) is 0 Å². The van der Waals surface area contributed by atoms with Gasteiger partial charge in [0.05, 0.1) is 5.75 Å². The quantitative estimate of drug-likeness (QED) is 0.694. The minimum atomic E-state index is -3.61. The minimum Gasteiger partial charge on any atom is -0.478 e. The summed E-state index contributed by atoms with van der Waals surface area (Å²) in [7, 11) is -3.61. The SMILES string of the molecule is CC(C(=O)O)=C(C)C(=O)Nc1ccc(CS(N)(=O)=O)cc1. The molecule has 21 heavy (non-hydrogen) atoms. The topological polar surface area (TPSA) is 127 Å². The summed E-state index contributed by atoms with van der Waals surface area (Å²) in [6.45, 7) is 2.75. The van der Waals surface area contributed by atoms with Crippen molar-refractivity contribution in [3.63, 3.8) is 0 Å². The van der Waals surface area contributed by atoms with E-state index < -0.39 is 21.9 Å². The highest BCUT2D eigenvalue weighted by atomic mass is 32.2. The molecule has 0 unspecified atom stereocenters. The Kier molecular flexibility index (Phi) is 5.23. The third-order valence-electron chi connectivity index (χ3n) is 2.80. The maximum absolute atomic E-state index is 11.8. The molecule has 7 nitrogen and oxygen atoms in total. The average Bonchev–Trinajstić information content (AvgIpc) is 2.37. The maximum Gasteiger partial charge on any atom is 0.331 e. The summed E-state index contributed by atoms with van der Waals surface area (Å²) in [5.41, 5.74) is 0.967. The van der Waals surface area contributed by atoms with E-state index in [0.29, 0.717) is 11.3 Å². The van der Waals surface area contributed by atoms with Crippen molar-refractivity contribution in [1.29, 1.82) is 0 Å². The Labute approximate surface area is 122 Å². The van der Waals surface area contributed by atoms with Crippen molar-refractivity contribution < 1.29 is 23.1 Å². The molecule has 0 aliphatic heterocycles. The van der Waals surface area contributed by atoms with E-state index >= 15 is 0 Å². The van der Waals surface area contributed by atoms with Crippen LogP contribution >= 0.6 is 0 Å². The largest absolute Gasteiger partial charge is 0.478 e. The molecule has 0 spiro atoms. The first-order valence-electron chi connectivity index (χ1n) is 5.91. The van der Waals surface area contributed by atoms with E-state index in [1.807, 2.05) is 0 Å². The highest BCUT2D eigenvalue weighted by molar-refractivity contribution is 7.88. The van der Waals surface area contributed by atoms with Crippen LogP contribution in [-0.4, -0.2) is 25.4 Å². The number of primary sulfonamides is 1. The van der Waals surface area contributed by atoms with Crippen LogP contribution in [0, 0.1) is 0 Å². The van der Waals surface area contributed by atoms with Crippen LogP contribution in [0.1, 0.15) is 19.4 Å². The van der Waals surface area contributed by atoms with Crippen molar-refractivity contribution in [2.75, 3.05) is 5.32 Å². The number of carboxylic acids is 1. The zero-order valence-electron chi connectivity index (χ0n) is 11.6. The van der Waals surface area contributed by atoms with Gasteiger partial charge in [0.1, 0.15) is 0 Å². The van der Waals surface area contributed by atoms with Gasteiger partial charge in [-0.2, -0.15) is 0 Å². The third kappa shape index (κ3) is 5.36. The molecule has 0 atom stereocenters. The Morgan fingerprint density at radius 1 is 1.14 bits per heavy atom. The Hall–Kier alpha value is -2.19. The summed E-state index contributed by atoms with van der Waals surface area (Å²) in [5, 5.41) is 16.3. The molecule has 1 rings (SSSR count). The van der Waals surface area contributed by atoms with Gasteiger partial charge in [-0.25, -0.2) is 18.4 Å². The molecule has 1 aromatic carbocycles. The number of benzene rings is 1. The first-order valence-corrected chi connectivity index (χ1v) is 7.63. The van der Waals surface area contributed by atoms with Crippen LogP contribution in [-0.2, 0) is 25.4 Å². The average molecular weight is 312 g/mol. The molecular formula is C13H16N2O5S. The lowest BCUT2D eigenvalue weighted by Crippen LogP contribution is -2.16. The predicted molar refractivity (Wildman–Crippen MR) is 77.9 cm³/mol. The monoisotopic (exact) mass is 312 g/mol. The van der Waals surface area contributed by atoms with E-state index in [2.05, 4.69) is 5.32 Å². The van der Waals surface area contributed by atoms with Crippen molar-refractivity contribution in [2.45, 2.75) is 19.6 Å². The number of nitrogens with one attached hydrogen (secondary N) is 1. The number of nitrogens with two attached hydrogens (primary N) is 1. The molecule has 0 aliphatic rings. The maximum atomic E-state index is 11.8. The number of carbonyl (C=O) groups excluding carboxylic acids is 1. The standard InChI is InChI=1S/C13H16N2O5S/c1-8(9(2)13(17)18)12(16)15-11-5-3-10(4-6-11)7-21(14,19)20/h3-6H,7H2,1-2H3,(H,15,16)(H,17,18)(H2,14,19,20). The van der Waals surface area contributed by atoms with Gasteiger partial charge in [0, 0.05) is 16.8 Å². The molecule has 4 N–H and O–H groups in total. The van der Waals surface area contributed by atoms with E-state index in [-0.39, 0.29) is 16.9 Å². The number of anilines is 1. The van der Waals surface area contributed by atoms with Crippen LogP contribution < -0.4 is 10.5 Å². The summed E-state index contributed by atoms with van der Waals surface area (Å²) in [5.74, 6) is -1.99. The highest BCUT2D eigenvalue weighted by Gasteiger charge is 2.13. The second-order valence-corrected chi connectivity index (χ2v) is 6.13. The first kappa shape index (κ1) is 16.9. The Balaban J connectivity index is 2.83. The van der Waals surface area contributed by atoms with Gasteiger partial charge in [-0.1, -0.05) is 12.1 Å². The highest BCUT2D eigenvalue weighted by Crippen LogP contribution is 2.13. The molecule has 0 fully saturated rings. The Morgan fingerprint density at radius 3 is 2.10 bits per heavy atom. The van der Waals surface area contributed by atoms with Crippen LogP contribution in [0.5, 0.6) is 0 Å². The number of aliphatic carboxylic acids is 1. The van der Waals surface area contributed by atoms with Gasteiger partial charge < -0.3 is 10.4 Å². The molecule has 0 saturated heterocycles. The molecule has 8 heteroatoms. The number of hydrogen-bond donors (Lipinski definition) is 3. The molecule has 0 bridgehead atoms. The summed E-state index contributed by atoms with van der Waals surface area (Å²) in [6.07, 6.45) is 0. The van der Waals surface area contributed by atoms with Gasteiger partial charge in [-0.05, 0) is 31.5 Å². The molecule has 0 aromatic heterocycles.